The lowest BCUT2D eigenvalue weighted by atomic mass is 9.31. The minimum absolute atomic E-state index is 0.153. The number of aliphatic hydroxyl groups is 1. The van der Waals surface area contributed by atoms with Gasteiger partial charge in [0.2, 0.25) is 0 Å². The number of hydrogen-bond acceptors (Lipinski definition) is 2. The van der Waals surface area contributed by atoms with E-state index in [1.807, 2.05) is 0 Å². The van der Waals surface area contributed by atoms with Crippen molar-refractivity contribution >= 4 is 5.97 Å². The quantitative estimate of drug-likeness (QED) is 0.373. The van der Waals surface area contributed by atoms with E-state index in [-0.39, 0.29) is 27.6 Å². The molecular weight excluding hydrogens is 456 g/mol. The molecule has 5 aliphatic carbocycles. The third-order valence-corrected chi connectivity index (χ3v) is 14.5. The van der Waals surface area contributed by atoms with Gasteiger partial charge in [0, 0.05) is 0 Å². The van der Waals surface area contributed by atoms with Gasteiger partial charge in [-0.15, -0.1) is 6.58 Å². The van der Waals surface area contributed by atoms with E-state index in [0.717, 1.165) is 56.9 Å². The third-order valence-electron chi connectivity index (χ3n) is 14.5. The lowest BCUT2D eigenvalue weighted by molar-refractivity contribution is -0.264. The van der Waals surface area contributed by atoms with Gasteiger partial charge in [-0.1, -0.05) is 52.3 Å². The Morgan fingerprint density at radius 1 is 0.811 bits per heavy atom. The molecule has 5 aliphatic rings. The van der Waals surface area contributed by atoms with Crippen LogP contribution in [-0.2, 0) is 4.79 Å². The summed E-state index contributed by atoms with van der Waals surface area (Å²) in [4.78, 5) is 12.9. The Kier molecular flexibility index (Phi) is 6.10. The molecule has 0 spiro atoms. The van der Waals surface area contributed by atoms with E-state index in [1.165, 1.54) is 18.4 Å². The molecule has 0 aromatic carbocycles. The van der Waals surface area contributed by atoms with Gasteiger partial charge < -0.3 is 10.2 Å². The summed E-state index contributed by atoms with van der Waals surface area (Å²) in [5, 5.41) is 22.5. The van der Waals surface area contributed by atoms with Crippen molar-refractivity contribution in [3.05, 3.63) is 24.3 Å². The van der Waals surface area contributed by atoms with Gasteiger partial charge in [-0.3, -0.25) is 4.79 Å². The minimum atomic E-state index is -0.678. The molecule has 0 amide bonds. The fraction of sp³-hybridized carbons (Fsp3) is 0.853. The molecule has 208 valence electrons. The number of carboxylic acid groups (broad SMARTS) is 1. The van der Waals surface area contributed by atoms with Gasteiger partial charge in [-0.2, -0.15) is 0 Å². The maximum absolute atomic E-state index is 12.9. The molecule has 0 heterocycles. The van der Waals surface area contributed by atoms with Gasteiger partial charge in [0.1, 0.15) is 0 Å². The maximum atomic E-state index is 12.9. The van der Waals surface area contributed by atoms with E-state index in [4.69, 9.17) is 0 Å². The standard InChI is InChI=1S/C34H54O3/c1-21(2)20-34(37)19-16-30(7)25(29(34,5)6)13-14-32(9)26(30)11-10-24-27-23(22(3)4)12-15-33(27,28(35)36)18-17-31(24,32)8/h23-27,37H,1,3,10-20H2,2,4-9H3,(H,35,36)/t23-,24+,25-,26+,27+,30-,31+,32+,33-,34+/m0/s1. The Labute approximate surface area is 226 Å². The minimum Gasteiger partial charge on any atom is -0.481 e. The summed E-state index contributed by atoms with van der Waals surface area (Å²) in [5.74, 6) is 1.60. The van der Waals surface area contributed by atoms with E-state index < -0.39 is 17.0 Å². The maximum Gasteiger partial charge on any atom is 0.309 e. The summed E-state index contributed by atoms with van der Waals surface area (Å²) < 4.78 is 0. The van der Waals surface area contributed by atoms with Crippen LogP contribution in [0.3, 0.4) is 0 Å². The van der Waals surface area contributed by atoms with Crippen LogP contribution in [-0.4, -0.2) is 21.8 Å². The molecule has 10 atom stereocenters. The van der Waals surface area contributed by atoms with Gasteiger partial charge in [-0.05, 0) is 136 Å². The number of aliphatic carboxylic acids is 1. The van der Waals surface area contributed by atoms with Crippen LogP contribution in [0, 0.1) is 56.7 Å². The molecule has 0 bridgehead atoms. The summed E-state index contributed by atoms with van der Waals surface area (Å²) in [6.07, 6.45) is 11.1. The fourth-order valence-electron chi connectivity index (χ4n) is 12.4. The Balaban J connectivity index is 1.53. The van der Waals surface area contributed by atoms with E-state index >= 15 is 0 Å². The van der Waals surface area contributed by atoms with E-state index in [1.54, 1.807) is 0 Å². The van der Waals surface area contributed by atoms with E-state index in [0.29, 0.717) is 30.1 Å². The predicted molar refractivity (Wildman–Crippen MR) is 151 cm³/mol. The van der Waals surface area contributed by atoms with Gasteiger partial charge >= 0.3 is 5.97 Å². The van der Waals surface area contributed by atoms with Crippen LogP contribution in [0.15, 0.2) is 24.3 Å². The first-order valence-electron chi connectivity index (χ1n) is 15.3. The lowest BCUT2D eigenvalue weighted by Gasteiger charge is -2.73. The van der Waals surface area contributed by atoms with Crippen molar-refractivity contribution in [2.24, 2.45) is 56.7 Å². The zero-order valence-electron chi connectivity index (χ0n) is 24.9. The van der Waals surface area contributed by atoms with Crippen molar-refractivity contribution in [3.63, 3.8) is 0 Å². The lowest BCUT2D eigenvalue weighted by Crippen LogP contribution is -2.68. The zero-order valence-corrected chi connectivity index (χ0v) is 24.9. The molecule has 2 N–H and O–H groups in total. The summed E-state index contributed by atoms with van der Waals surface area (Å²) in [7, 11) is 0. The van der Waals surface area contributed by atoms with Crippen molar-refractivity contribution in [1.29, 1.82) is 0 Å². The number of carbonyl (C=O) groups is 1. The highest BCUT2D eigenvalue weighted by molar-refractivity contribution is 5.76. The number of hydrogen-bond donors (Lipinski definition) is 2. The molecule has 37 heavy (non-hydrogen) atoms. The Morgan fingerprint density at radius 3 is 2.08 bits per heavy atom. The first kappa shape index (κ1) is 27.5. The van der Waals surface area contributed by atoms with Gasteiger partial charge in [0.25, 0.3) is 0 Å². The third kappa shape index (κ3) is 3.31. The molecule has 5 saturated carbocycles. The predicted octanol–water partition coefficient (Wildman–Crippen LogP) is 8.43. The largest absolute Gasteiger partial charge is 0.481 e. The molecule has 0 aliphatic heterocycles. The molecule has 0 unspecified atom stereocenters. The van der Waals surface area contributed by atoms with Gasteiger partial charge in [-0.25, -0.2) is 0 Å². The smallest absolute Gasteiger partial charge is 0.309 e. The number of rotatable bonds is 4. The van der Waals surface area contributed by atoms with Crippen molar-refractivity contribution in [3.8, 4) is 0 Å². The normalized spacial score (nSPS) is 52.3. The van der Waals surface area contributed by atoms with Crippen LogP contribution < -0.4 is 0 Å². The Hall–Kier alpha value is -1.09. The first-order chi connectivity index (χ1) is 17.0. The molecule has 0 radical (unpaired) electrons. The van der Waals surface area contributed by atoms with Crippen molar-refractivity contribution in [2.75, 3.05) is 0 Å². The summed E-state index contributed by atoms with van der Waals surface area (Å²) in [6, 6.07) is 0. The first-order valence-corrected chi connectivity index (χ1v) is 15.3. The number of fused-ring (bicyclic) bond motifs is 7. The Bertz CT molecular complexity index is 1010. The van der Waals surface area contributed by atoms with Crippen LogP contribution in [0.25, 0.3) is 0 Å². The molecule has 0 aromatic rings. The molecule has 3 nitrogen and oxygen atoms in total. The monoisotopic (exact) mass is 510 g/mol. The summed E-state index contributed by atoms with van der Waals surface area (Å²) in [5.41, 5.74) is 1.46. The molecule has 0 saturated heterocycles. The number of carboxylic acids is 1. The van der Waals surface area contributed by atoms with Crippen LogP contribution in [0.2, 0.25) is 0 Å². The number of allylic oxidation sites excluding steroid dienone is 1. The highest BCUT2D eigenvalue weighted by Crippen LogP contribution is 2.78. The molecule has 3 heteroatoms. The average Bonchev–Trinajstić information content (AvgIpc) is 3.18. The fourth-order valence-corrected chi connectivity index (χ4v) is 12.4. The molecule has 5 fully saturated rings. The summed E-state index contributed by atoms with van der Waals surface area (Å²) in [6.45, 7) is 25.2. The second kappa shape index (κ2) is 8.21. The molecule has 5 rings (SSSR count). The van der Waals surface area contributed by atoms with Gasteiger partial charge in [0.05, 0.1) is 11.0 Å². The van der Waals surface area contributed by atoms with Crippen molar-refractivity contribution in [2.45, 2.75) is 125 Å². The highest BCUT2D eigenvalue weighted by Gasteiger charge is 2.72. The molecular formula is C34H54O3. The van der Waals surface area contributed by atoms with Gasteiger partial charge in [0.15, 0.2) is 0 Å². The second-order valence-corrected chi connectivity index (χ2v) is 16.0. The molecule has 0 aromatic heterocycles. The average molecular weight is 511 g/mol. The van der Waals surface area contributed by atoms with Crippen LogP contribution in [0.1, 0.15) is 119 Å². The second-order valence-electron chi connectivity index (χ2n) is 16.0. The zero-order chi connectivity index (χ0) is 27.4. The van der Waals surface area contributed by atoms with E-state index in [9.17, 15) is 15.0 Å². The highest BCUT2D eigenvalue weighted by atomic mass is 16.4. The van der Waals surface area contributed by atoms with E-state index in [2.05, 4.69) is 61.6 Å². The van der Waals surface area contributed by atoms with Crippen LogP contribution in [0.4, 0.5) is 0 Å². The van der Waals surface area contributed by atoms with Crippen LogP contribution in [0.5, 0.6) is 0 Å². The SMILES string of the molecule is C=C(C)C[C@]1(O)CC[C@]2(C)[C@H]3CC[C@@H]4[C@H]5[C@H](C(=C)C)CC[C@]5(C(=O)O)CC[C@@]4(C)[C@]3(C)CC[C@H]2C1(C)C. The Morgan fingerprint density at radius 2 is 1.49 bits per heavy atom. The topological polar surface area (TPSA) is 57.5 Å². The van der Waals surface area contributed by atoms with Crippen molar-refractivity contribution < 1.29 is 15.0 Å². The summed E-state index contributed by atoms with van der Waals surface area (Å²) >= 11 is 0. The van der Waals surface area contributed by atoms with Crippen molar-refractivity contribution in [1.82, 2.24) is 0 Å². The van der Waals surface area contributed by atoms with Crippen LogP contribution >= 0.6 is 0 Å².